The molecule has 2 aromatic rings. The average molecular weight is 341 g/mol. The van der Waals surface area contributed by atoms with Crippen molar-refractivity contribution in [3.05, 3.63) is 44.6 Å². The summed E-state index contributed by atoms with van der Waals surface area (Å²) in [6.45, 7) is 0.650. The Morgan fingerprint density at radius 1 is 1.47 bits per heavy atom. The third kappa shape index (κ3) is 3.48. The lowest BCUT2D eigenvalue weighted by atomic mass is 10.3. The summed E-state index contributed by atoms with van der Waals surface area (Å²) in [5, 5.41) is 5.05. The van der Waals surface area contributed by atoms with Crippen LogP contribution in [0.1, 0.15) is 15.2 Å². The lowest BCUT2D eigenvalue weighted by Gasteiger charge is -2.08. The Morgan fingerprint density at radius 3 is 2.84 bits per heavy atom. The lowest BCUT2D eigenvalue weighted by Crippen LogP contribution is -2.09. The number of hydrogen-bond donors (Lipinski definition) is 2. The maximum absolute atomic E-state index is 11.0. The van der Waals surface area contributed by atoms with Gasteiger partial charge in [-0.25, -0.2) is 0 Å². The third-order valence-corrected chi connectivity index (χ3v) is 4.11. The maximum atomic E-state index is 11.0. The maximum Gasteiger partial charge on any atom is 0.249 e. The molecule has 1 aromatic heterocycles. The summed E-state index contributed by atoms with van der Waals surface area (Å²) < 4.78 is 6.06. The standard InChI is InChI=1S/C13H13BrN2O2S/c1-18-12-3-2-9(5-11(12)14)16-6-10-4-8(7-19-10)13(15)17/h2-5,7,16H,6H2,1H3,(H2,15,17). The molecule has 0 atom stereocenters. The number of nitrogens with two attached hydrogens (primary N) is 1. The zero-order valence-electron chi connectivity index (χ0n) is 10.3. The van der Waals surface area contributed by atoms with E-state index >= 15 is 0 Å². The van der Waals surface area contributed by atoms with Crippen LogP contribution in [0.3, 0.4) is 0 Å². The summed E-state index contributed by atoms with van der Waals surface area (Å²) in [5.74, 6) is 0.396. The normalized spacial score (nSPS) is 10.2. The summed E-state index contributed by atoms with van der Waals surface area (Å²) in [6, 6.07) is 7.57. The van der Waals surface area contributed by atoms with Crippen LogP contribution in [-0.2, 0) is 6.54 Å². The van der Waals surface area contributed by atoms with E-state index in [0.29, 0.717) is 12.1 Å². The topological polar surface area (TPSA) is 64.3 Å². The third-order valence-electron chi connectivity index (χ3n) is 2.56. The zero-order valence-corrected chi connectivity index (χ0v) is 12.7. The van der Waals surface area contributed by atoms with Crippen LogP contribution in [0.5, 0.6) is 5.75 Å². The molecule has 0 bridgehead atoms. The van der Waals surface area contributed by atoms with E-state index in [9.17, 15) is 4.79 Å². The first-order valence-electron chi connectivity index (χ1n) is 5.55. The van der Waals surface area contributed by atoms with Crippen LogP contribution >= 0.6 is 27.3 Å². The Labute approximate surface area is 123 Å². The molecule has 19 heavy (non-hydrogen) atoms. The van der Waals surface area contributed by atoms with Gasteiger partial charge in [0.05, 0.1) is 17.1 Å². The van der Waals surface area contributed by atoms with Gasteiger partial charge in [-0.3, -0.25) is 4.79 Å². The van der Waals surface area contributed by atoms with Gasteiger partial charge in [0.1, 0.15) is 5.75 Å². The fourth-order valence-corrected chi connectivity index (χ4v) is 2.92. The molecule has 0 radical (unpaired) electrons. The van der Waals surface area contributed by atoms with Gasteiger partial charge < -0.3 is 15.8 Å². The number of rotatable bonds is 5. The number of halogens is 1. The predicted molar refractivity (Wildman–Crippen MR) is 80.9 cm³/mol. The molecule has 0 aliphatic rings. The quantitative estimate of drug-likeness (QED) is 0.878. The Kier molecular flexibility index (Phi) is 4.44. The van der Waals surface area contributed by atoms with E-state index in [2.05, 4.69) is 21.2 Å². The van der Waals surface area contributed by atoms with Gasteiger partial charge in [-0.1, -0.05) is 0 Å². The van der Waals surface area contributed by atoms with E-state index in [4.69, 9.17) is 10.5 Å². The lowest BCUT2D eigenvalue weighted by molar-refractivity contribution is 0.100. The van der Waals surface area contributed by atoms with Crippen LogP contribution < -0.4 is 15.8 Å². The zero-order chi connectivity index (χ0) is 13.8. The van der Waals surface area contributed by atoms with E-state index in [1.165, 1.54) is 11.3 Å². The highest BCUT2D eigenvalue weighted by atomic mass is 79.9. The fraction of sp³-hybridized carbons (Fsp3) is 0.154. The average Bonchev–Trinajstić information content (AvgIpc) is 2.85. The number of hydrogen-bond acceptors (Lipinski definition) is 4. The first-order chi connectivity index (χ1) is 9.10. The van der Waals surface area contributed by atoms with Gasteiger partial charge in [0.2, 0.25) is 5.91 Å². The van der Waals surface area contributed by atoms with Crippen LogP contribution in [0.25, 0.3) is 0 Å². The monoisotopic (exact) mass is 340 g/mol. The van der Waals surface area contributed by atoms with Crippen molar-refractivity contribution in [2.24, 2.45) is 5.73 Å². The van der Waals surface area contributed by atoms with Crippen LogP contribution in [0, 0.1) is 0 Å². The van der Waals surface area contributed by atoms with Crippen molar-refractivity contribution in [3.63, 3.8) is 0 Å². The number of ether oxygens (including phenoxy) is 1. The molecule has 1 aromatic carbocycles. The Balaban J connectivity index is 2.01. The number of thiophene rings is 1. The molecule has 0 saturated heterocycles. The van der Waals surface area contributed by atoms with Crippen molar-refractivity contribution in [1.82, 2.24) is 0 Å². The van der Waals surface area contributed by atoms with Gasteiger partial charge in [-0.2, -0.15) is 0 Å². The second-order valence-electron chi connectivity index (χ2n) is 3.87. The van der Waals surface area contributed by atoms with Crippen molar-refractivity contribution in [2.45, 2.75) is 6.54 Å². The minimum atomic E-state index is -0.394. The first-order valence-corrected chi connectivity index (χ1v) is 7.22. The molecule has 4 nitrogen and oxygen atoms in total. The minimum Gasteiger partial charge on any atom is -0.496 e. The molecule has 0 aliphatic heterocycles. The number of carbonyl (C=O) groups is 1. The van der Waals surface area contributed by atoms with Gasteiger partial charge >= 0.3 is 0 Å². The summed E-state index contributed by atoms with van der Waals surface area (Å²) in [6.07, 6.45) is 0. The van der Waals surface area contributed by atoms with Gasteiger partial charge in [-0.15, -0.1) is 11.3 Å². The van der Waals surface area contributed by atoms with E-state index in [1.54, 1.807) is 18.6 Å². The van der Waals surface area contributed by atoms with Crippen molar-refractivity contribution < 1.29 is 9.53 Å². The minimum absolute atomic E-state index is 0.394. The Morgan fingerprint density at radius 2 is 2.26 bits per heavy atom. The number of amides is 1. The molecule has 6 heteroatoms. The van der Waals surface area contributed by atoms with Crippen LogP contribution in [0.2, 0.25) is 0 Å². The summed E-state index contributed by atoms with van der Waals surface area (Å²) in [4.78, 5) is 12.0. The van der Waals surface area contributed by atoms with Crippen LogP contribution in [-0.4, -0.2) is 13.0 Å². The van der Waals surface area contributed by atoms with Gasteiger partial charge in [0.25, 0.3) is 0 Å². The van der Waals surface area contributed by atoms with E-state index < -0.39 is 5.91 Å². The fourth-order valence-electron chi connectivity index (χ4n) is 1.57. The molecule has 0 fully saturated rings. The number of carbonyl (C=O) groups excluding carboxylic acids is 1. The molecular weight excluding hydrogens is 328 g/mol. The number of anilines is 1. The van der Waals surface area contributed by atoms with Crippen molar-refractivity contribution in [3.8, 4) is 5.75 Å². The second kappa shape index (κ2) is 6.08. The molecule has 0 saturated carbocycles. The Hall–Kier alpha value is -1.53. The van der Waals surface area contributed by atoms with E-state index in [0.717, 1.165) is 20.8 Å². The van der Waals surface area contributed by atoms with Crippen LogP contribution in [0.4, 0.5) is 5.69 Å². The van der Waals surface area contributed by atoms with Crippen LogP contribution in [0.15, 0.2) is 34.1 Å². The SMILES string of the molecule is COc1ccc(NCc2cc(C(N)=O)cs2)cc1Br. The highest BCUT2D eigenvalue weighted by Gasteiger charge is 2.05. The number of benzene rings is 1. The number of methoxy groups -OCH3 is 1. The molecule has 0 spiro atoms. The molecular formula is C13H13BrN2O2S. The Bertz CT molecular complexity index is 598. The summed E-state index contributed by atoms with van der Waals surface area (Å²) in [5.41, 5.74) is 6.74. The van der Waals surface area contributed by atoms with Crippen molar-refractivity contribution >= 4 is 38.9 Å². The highest BCUT2D eigenvalue weighted by Crippen LogP contribution is 2.28. The van der Waals surface area contributed by atoms with Gasteiger partial charge in [0.15, 0.2) is 0 Å². The molecule has 3 N–H and O–H groups in total. The molecule has 0 unspecified atom stereocenters. The molecule has 100 valence electrons. The summed E-state index contributed by atoms with van der Waals surface area (Å²) in [7, 11) is 1.63. The number of primary amides is 1. The first kappa shape index (κ1) is 13.9. The smallest absolute Gasteiger partial charge is 0.249 e. The summed E-state index contributed by atoms with van der Waals surface area (Å²) >= 11 is 4.94. The van der Waals surface area contributed by atoms with Gasteiger partial charge in [0, 0.05) is 22.5 Å². The molecule has 0 aliphatic carbocycles. The van der Waals surface area contributed by atoms with E-state index in [1.807, 2.05) is 18.2 Å². The van der Waals surface area contributed by atoms with Crippen molar-refractivity contribution in [1.29, 1.82) is 0 Å². The van der Waals surface area contributed by atoms with Crippen molar-refractivity contribution in [2.75, 3.05) is 12.4 Å². The number of nitrogens with one attached hydrogen (secondary N) is 1. The highest BCUT2D eigenvalue weighted by molar-refractivity contribution is 9.10. The predicted octanol–water partition coefficient (Wildman–Crippen LogP) is 3.23. The van der Waals surface area contributed by atoms with Gasteiger partial charge in [-0.05, 0) is 40.2 Å². The molecule has 1 amide bonds. The van der Waals surface area contributed by atoms with E-state index in [-0.39, 0.29) is 0 Å². The molecule has 1 heterocycles. The second-order valence-corrected chi connectivity index (χ2v) is 5.72. The largest absolute Gasteiger partial charge is 0.496 e. The molecule has 2 rings (SSSR count).